The summed E-state index contributed by atoms with van der Waals surface area (Å²) in [6, 6.07) is 6.16. The van der Waals surface area contributed by atoms with Crippen LogP contribution >= 0.6 is 0 Å². The summed E-state index contributed by atoms with van der Waals surface area (Å²) >= 11 is 0. The van der Waals surface area contributed by atoms with Crippen molar-refractivity contribution >= 4 is 5.91 Å². The molecule has 3 rings (SSSR count). The number of carbonyl (C=O) groups excluding carboxylic acids is 1. The molecule has 1 saturated heterocycles. The lowest BCUT2D eigenvalue weighted by Gasteiger charge is -2.43. The lowest BCUT2D eigenvalue weighted by molar-refractivity contribution is -0.149. The molecule has 2 heterocycles. The van der Waals surface area contributed by atoms with Gasteiger partial charge in [0, 0.05) is 18.2 Å². The molecule has 1 spiro atoms. The topological polar surface area (TPSA) is 33.2 Å². The molecule has 1 atom stereocenters. The van der Waals surface area contributed by atoms with Crippen molar-refractivity contribution in [1.82, 2.24) is 9.88 Å². The van der Waals surface area contributed by atoms with E-state index in [0.717, 1.165) is 44.3 Å². The third-order valence-electron chi connectivity index (χ3n) is 5.12. The number of piperidine rings is 1. The van der Waals surface area contributed by atoms with E-state index in [4.69, 9.17) is 0 Å². The van der Waals surface area contributed by atoms with E-state index in [9.17, 15) is 4.79 Å². The third kappa shape index (κ3) is 2.23. The van der Waals surface area contributed by atoms with Gasteiger partial charge in [0.1, 0.15) is 0 Å². The first-order valence-electron chi connectivity index (χ1n) is 7.99. The van der Waals surface area contributed by atoms with Crippen molar-refractivity contribution < 1.29 is 4.79 Å². The predicted molar refractivity (Wildman–Crippen MR) is 79.1 cm³/mol. The van der Waals surface area contributed by atoms with Crippen LogP contribution in [-0.2, 0) is 4.79 Å². The van der Waals surface area contributed by atoms with Gasteiger partial charge in [0.2, 0.25) is 5.91 Å². The highest BCUT2D eigenvalue weighted by molar-refractivity contribution is 5.84. The average Bonchev–Trinajstić information content (AvgIpc) is 2.95. The molecular formula is C17H24N2O. The third-order valence-corrected chi connectivity index (χ3v) is 5.12. The van der Waals surface area contributed by atoms with Gasteiger partial charge in [-0.05, 0) is 44.2 Å². The maximum Gasteiger partial charge on any atom is 0.229 e. The molecule has 1 aromatic rings. The number of rotatable bonds is 3. The minimum absolute atomic E-state index is 0.0273. The largest absolute Gasteiger partial charge is 0.334 e. The van der Waals surface area contributed by atoms with Crippen LogP contribution in [0.4, 0.5) is 0 Å². The maximum atomic E-state index is 13.0. The summed E-state index contributed by atoms with van der Waals surface area (Å²) in [5, 5.41) is 0. The van der Waals surface area contributed by atoms with Gasteiger partial charge in [0.15, 0.2) is 0 Å². The molecule has 1 unspecified atom stereocenters. The molecule has 1 amide bonds. The Morgan fingerprint density at radius 1 is 1.25 bits per heavy atom. The maximum absolute atomic E-state index is 13.0. The second kappa shape index (κ2) is 5.55. The Morgan fingerprint density at radius 3 is 2.65 bits per heavy atom. The highest BCUT2D eigenvalue weighted by atomic mass is 16.2. The van der Waals surface area contributed by atoms with Crippen LogP contribution in [0.25, 0.3) is 0 Å². The molecule has 1 aliphatic carbocycles. The van der Waals surface area contributed by atoms with E-state index in [1.807, 2.05) is 18.3 Å². The van der Waals surface area contributed by atoms with Crippen LogP contribution < -0.4 is 0 Å². The molecule has 0 radical (unpaired) electrons. The first-order chi connectivity index (χ1) is 9.77. The molecule has 1 aromatic heterocycles. The van der Waals surface area contributed by atoms with Crippen LogP contribution in [0.5, 0.6) is 0 Å². The van der Waals surface area contributed by atoms with Crippen molar-refractivity contribution in [1.29, 1.82) is 0 Å². The summed E-state index contributed by atoms with van der Waals surface area (Å²) in [6.07, 6.45) is 9.66. The lowest BCUT2D eigenvalue weighted by Crippen LogP contribution is -2.49. The minimum Gasteiger partial charge on any atom is -0.334 e. The highest BCUT2D eigenvalue weighted by Gasteiger charge is 2.47. The van der Waals surface area contributed by atoms with Crippen molar-refractivity contribution in [3.05, 3.63) is 30.1 Å². The normalized spacial score (nSPS) is 23.2. The molecule has 20 heavy (non-hydrogen) atoms. The molecule has 0 aromatic carbocycles. The molecule has 108 valence electrons. The standard InChI is InChI=1S/C17H24N2O/c1-2-15(14-8-3-6-12-18-14)19-13-7-11-17(16(19)20)9-4-5-10-17/h3,6,8,12,15H,2,4-5,7,9-11,13H2,1H3. The van der Waals surface area contributed by atoms with Gasteiger partial charge in [-0.1, -0.05) is 25.8 Å². The highest BCUT2D eigenvalue weighted by Crippen LogP contribution is 2.47. The molecule has 2 fully saturated rings. The lowest BCUT2D eigenvalue weighted by atomic mass is 9.77. The van der Waals surface area contributed by atoms with Gasteiger partial charge in [-0.3, -0.25) is 9.78 Å². The van der Waals surface area contributed by atoms with Crippen LogP contribution in [0.2, 0.25) is 0 Å². The van der Waals surface area contributed by atoms with Gasteiger partial charge in [0.25, 0.3) is 0 Å². The van der Waals surface area contributed by atoms with Gasteiger partial charge >= 0.3 is 0 Å². The zero-order valence-electron chi connectivity index (χ0n) is 12.3. The molecule has 0 N–H and O–H groups in total. The monoisotopic (exact) mass is 272 g/mol. The van der Waals surface area contributed by atoms with Crippen molar-refractivity contribution in [3.8, 4) is 0 Å². The van der Waals surface area contributed by atoms with Gasteiger partial charge in [-0.15, -0.1) is 0 Å². The van der Waals surface area contributed by atoms with Crippen molar-refractivity contribution in [2.75, 3.05) is 6.54 Å². The molecule has 2 aliphatic rings. The second-order valence-corrected chi connectivity index (χ2v) is 6.27. The molecule has 1 aliphatic heterocycles. The fraction of sp³-hybridized carbons (Fsp3) is 0.647. The zero-order chi connectivity index (χ0) is 14.0. The number of hydrogen-bond acceptors (Lipinski definition) is 2. The van der Waals surface area contributed by atoms with Crippen LogP contribution in [-0.4, -0.2) is 22.3 Å². The van der Waals surface area contributed by atoms with E-state index in [1.165, 1.54) is 12.8 Å². The minimum atomic E-state index is -0.0273. The summed E-state index contributed by atoms with van der Waals surface area (Å²) in [7, 11) is 0. The number of nitrogens with zero attached hydrogens (tertiary/aromatic N) is 2. The van der Waals surface area contributed by atoms with E-state index >= 15 is 0 Å². The van der Waals surface area contributed by atoms with Crippen LogP contribution in [0.1, 0.15) is 63.6 Å². The Balaban J connectivity index is 1.86. The smallest absolute Gasteiger partial charge is 0.229 e. The van der Waals surface area contributed by atoms with Gasteiger partial charge in [0.05, 0.1) is 11.7 Å². The summed E-state index contributed by atoms with van der Waals surface area (Å²) in [5.74, 6) is 0.402. The van der Waals surface area contributed by atoms with E-state index in [0.29, 0.717) is 5.91 Å². The quantitative estimate of drug-likeness (QED) is 0.840. The van der Waals surface area contributed by atoms with E-state index < -0.39 is 0 Å². The number of likely N-dealkylation sites (tertiary alicyclic amines) is 1. The Labute approximate surface area is 121 Å². The first-order valence-corrected chi connectivity index (χ1v) is 7.99. The number of pyridine rings is 1. The predicted octanol–water partition coefficient (Wildman–Crippen LogP) is 3.72. The summed E-state index contributed by atoms with van der Waals surface area (Å²) in [5.41, 5.74) is 1.01. The Kier molecular flexibility index (Phi) is 3.77. The molecule has 0 bridgehead atoms. The number of carbonyl (C=O) groups is 1. The van der Waals surface area contributed by atoms with Gasteiger partial charge < -0.3 is 4.90 Å². The fourth-order valence-corrected chi connectivity index (χ4v) is 4.08. The number of aromatic nitrogens is 1. The molecule has 1 saturated carbocycles. The number of amides is 1. The Bertz CT molecular complexity index is 465. The van der Waals surface area contributed by atoms with E-state index in [1.54, 1.807) is 0 Å². The van der Waals surface area contributed by atoms with Crippen molar-refractivity contribution in [3.63, 3.8) is 0 Å². The zero-order valence-corrected chi connectivity index (χ0v) is 12.3. The summed E-state index contributed by atoms with van der Waals surface area (Å²) < 4.78 is 0. The van der Waals surface area contributed by atoms with Gasteiger partial charge in [-0.25, -0.2) is 0 Å². The number of hydrogen-bond donors (Lipinski definition) is 0. The first kappa shape index (κ1) is 13.6. The van der Waals surface area contributed by atoms with E-state index in [-0.39, 0.29) is 11.5 Å². The van der Waals surface area contributed by atoms with Crippen LogP contribution in [0.15, 0.2) is 24.4 Å². The molecular weight excluding hydrogens is 248 g/mol. The van der Waals surface area contributed by atoms with Gasteiger partial charge in [-0.2, -0.15) is 0 Å². The summed E-state index contributed by atoms with van der Waals surface area (Å²) in [6.45, 7) is 3.05. The summed E-state index contributed by atoms with van der Waals surface area (Å²) in [4.78, 5) is 19.6. The second-order valence-electron chi connectivity index (χ2n) is 6.27. The molecule has 3 nitrogen and oxygen atoms in total. The molecule has 3 heteroatoms. The van der Waals surface area contributed by atoms with E-state index in [2.05, 4.69) is 22.9 Å². The average molecular weight is 272 g/mol. The SMILES string of the molecule is CCC(c1ccccn1)N1CCCC2(CCCC2)C1=O. The Morgan fingerprint density at radius 2 is 2.00 bits per heavy atom. The van der Waals surface area contributed by atoms with Crippen LogP contribution in [0.3, 0.4) is 0 Å². The van der Waals surface area contributed by atoms with Crippen molar-refractivity contribution in [2.45, 2.75) is 57.9 Å². The Hall–Kier alpha value is -1.38. The fourth-order valence-electron chi connectivity index (χ4n) is 4.08. The van der Waals surface area contributed by atoms with Crippen LogP contribution in [0, 0.1) is 5.41 Å². The van der Waals surface area contributed by atoms with Crippen molar-refractivity contribution in [2.24, 2.45) is 5.41 Å².